The summed E-state index contributed by atoms with van der Waals surface area (Å²) >= 11 is 0. The number of carbonyl (C=O) groups excluding carboxylic acids is 1. The lowest BCUT2D eigenvalue weighted by molar-refractivity contribution is -0.128. The molecule has 2 aromatic rings. The third-order valence-corrected chi connectivity index (χ3v) is 3.91. The van der Waals surface area contributed by atoms with Gasteiger partial charge in [0.15, 0.2) is 5.82 Å². The third kappa shape index (κ3) is 3.23. The molecule has 2 heterocycles. The van der Waals surface area contributed by atoms with E-state index in [2.05, 4.69) is 10.1 Å². The number of rotatable bonds is 4. The Bertz CT molecular complexity index is 730. The molecule has 1 aromatic heterocycles. The fraction of sp³-hybridized carbons (Fsp3) is 0.438. The van der Waals surface area contributed by atoms with Crippen LogP contribution < -0.4 is 0 Å². The number of nitrogens with zero attached hydrogens (tertiary/aromatic N) is 3. The standard InChI is InChI=1S/C16H17F2N3O2/c1-9(2)15-19-16(23-20-15)11-5-14(22)21(8-11)7-10-3-4-12(17)6-13(10)18/h3-4,6,9,11H,5,7-8H2,1-2H3. The van der Waals surface area contributed by atoms with E-state index in [0.717, 1.165) is 6.07 Å². The van der Waals surface area contributed by atoms with Gasteiger partial charge in [-0.1, -0.05) is 25.1 Å². The molecule has 1 aliphatic heterocycles. The summed E-state index contributed by atoms with van der Waals surface area (Å²) in [6.45, 7) is 4.40. The topological polar surface area (TPSA) is 59.2 Å². The zero-order valence-electron chi connectivity index (χ0n) is 12.9. The number of carbonyl (C=O) groups is 1. The van der Waals surface area contributed by atoms with E-state index >= 15 is 0 Å². The quantitative estimate of drug-likeness (QED) is 0.868. The first-order valence-electron chi connectivity index (χ1n) is 7.49. The number of benzene rings is 1. The van der Waals surface area contributed by atoms with Crippen molar-refractivity contribution in [3.05, 3.63) is 47.1 Å². The molecule has 0 saturated carbocycles. The van der Waals surface area contributed by atoms with Crippen LogP contribution in [0, 0.1) is 11.6 Å². The summed E-state index contributed by atoms with van der Waals surface area (Å²) in [4.78, 5) is 18.0. The van der Waals surface area contributed by atoms with Crippen LogP contribution in [0.5, 0.6) is 0 Å². The SMILES string of the molecule is CC(C)c1noc(C2CC(=O)N(Cc3ccc(F)cc3F)C2)n1. The Morgan fingerprint density at radius 2 is 2.17 bits per heavy atom. The zero-order chi connectivity index (χ0) is 16.6. The molecule has 1 unspecified atom stereocenters. The van der Waals surface area contributed by atoms with Crippen molar-refractivity contribution in [3.63, 3.8) is 0 Å². The van der Waals surface area contributed by atoms with Gasteiger partial charge in [0.05, 0.1) is 5.92 Å². The van der Waals surface area contributed by atoms with Gasteiger partial charge in [0, 0.05) is 37.1 Å². The fourth-order valence-electron chi connectivity index (χ4n) is 2.59. The summed E-state index contributed by atoms with van der Waals surface area (Å²) in [6, 6.07) is 3.36. The molecule has 1 aliphatic rings. The maximum Gasteiger partial charge on any atom is 0.232 e. The largest absolute Gasteiger partial charge is 0.339 e. The maximum atomic E-state index is 13.7. The lowest BCUT2D eigenvalue weighted by Gasteiger charge is -2.16. The van der Waals surface area contributed by atoms with Crippen LogP contribution in [0.3, 0.4) is 0 Å². The van der Waals surface area contributed by atoms with Crippen molar-refractivity contribution in [2.24, 2.45) is 0 Å². The van der Waals surface area contributed by atoms with Crippen LogP contribution in [0.1, 0.15) is 49.4 Å². The van der Waals surface area contributed by atoms with Gasteiger partial charge >= 0.3 is 0 Å². The molecule has 0 bridgehead atoms. The molecular weight excluding hydrogens is 304 g/mol. The van der Waals surface area contributed by atoms with Gasteiger partial charge in [0.1, 0.15) is 11.6 Å². The van der Waals surface area contributed by atoms with Gasteiger partial charge in [-0.05, 0) is 6.07 Å². The van der Waals surface area contributed by atoms with Gasteiger partial charge in [0.25, 0.3) is 0 Å². The zero-order valence-corrected chi connectivity index (χ0v) is 12.9. The average Bonchev–Trinajstić information content (AvgIpc) is 3.09. The van der Waals surface area contributed by atoms with Crippen LogP contribution in [0.4, 0.5) is 8.78 Å². The Morgan fingerprint density at radius 1 is 1.39 bits per heavy atom. The number of hydrogen-bond acceptors (Lipinski definition) is 4. The Labute approximate surface area is 132 Å². The van der Waals surface area contributed by atoms with Gasteiger partial charge < -0.3 is 9.42 Å². The number of halogens is 2. The molecule has 23 heavy (non-hydrogen) atoms. The van der Waals surface area contributed by atoms with E-state index in [9.17, 15) is 13.6 Å². The minimum absolute atomic E-state index is 0.104. The van der Waals surface area contributed by atoms with Crippen LogP contribution in [-0.4, -0.2) is 27.5 Å². The predicted molar refractivity (Wildman–Crippen MR) is 77.5 cm³/mol. The van der Waals surface area contributed by atoms with Gasteiger partial charge in [-0.15, -0.1) is 0 Å². The minimum Gasteiger partial charge on any atom is -0.339 e. The Hall–Kier alpha value is -2.31. The van der Waals surface area contributed by atoms with Crippen molar-refractivity contribution in [3.8, 4) is 0 Å². The monoisotopic (exact) mass is 321 g/mol. The lowest BCUT2D eigenvalue weighted by Crippen LogP contribution is -2.25. The van der Waals surface area contributed by atoms with E-state index in [1.807, 2.05) is 13.8 Å². The van der Waals surface area contributed by atoms with E-state index in [1.54, 1.807) is 0 Å². The van der Waals surface area contributed by atoms with Gasteiger partial charge in [-0.2, -0.15) is 4.98 Å². The normalized spacial score (nSPS) is 18.2. The molecule has 1 amide bonds. The predicted octanol–water partition coefficient (Wildman–Crippen LogP) is 2.99. The number of amides is 1. The molecule has 1 aromatic carbocycles. The highest BCUT2D eigenvalue weighted by atomic mass is 19.1. The molecule has 0 aliphatic carbocycles. The van der Waals surface area contributed by atoms with Crippen LogP contribution in [-0.2, 0) is 11.3 Å². The van der Waals surface area contributed by atoms with Crippen molar-refractivity contribution in [2.75, 3.05) is 6.54 Å². The molecule has 0 N–H and O–H groups in total. The lowest BCUT2D eigenvalue weighted by atomic mass is 10.1. The number of aromatic nitrogens is 2. The van der Waals surface area contributed by atoms with Crippen LogP contribution in [0.15, 0.2) is 22.7 Å². The molecule has 7 heteroatoms. The fourth-order valence-corrected chi connectivity index (χ4v) is 2.59. The van der Waals surface area contributed by atoms with E-state index in [0.29, 0.717) is 18.3 Å². The highest BCUT2D eigenvalue weighted by Gasteiger charge is 2.34. The smallest absolute Gasteiger partial charge is 0.232 e. The molecule has 0 spiro atoms. The Morgan fingerprint density at radius 3 is 2.83 bits per heavy atom. The Balaban J connectivity index is 1.71. The van der Waals surface area contributed by atoms with Gasteiger partial charge in [-0.3, -0.25) is 4.79 Å². The summed E-state index contributed by atoms with van der Waals surface area (Å²) in [5, 5.41) is 3.90. The third-order valence-electron chi connectivity index (χ3n) is 3.91. The van der Waals surface area contributed by atoms with Crippen molar-refractivity contribution in [1.82, 2.24) is 15.0 Å². The molecule has 3 rings (SSSR count). The molecule has 1 saturated heterocycles. The van der Waals surface area contributed by atoms with Crippen LogP contribution in [0.25, 0.3) is 0 Å². The second kappa shape index (κ2) is 6.06. The number of likely N-dealkylation sites (tertiary alicyclic amines) is 1. The number of hydrogen-bond donors (Lipinski definition) is 0. The van der Waals surface area contributed by atoms with E-state index < -0.39 is 11.6 Å². The highest BCUT2D eigenvalue weighted by molar-refractivity contribution is 5.79. The van der Waals surface area contributed by atoms with Crippen molar-refractivity contribution in [1.29, 1.82) is 0 Å². The minimum atomic E-state index is -0.652. The first-order chi connectivity index (χ1) is 10.9. The molecule has 5 nitrogen and oxygen atoms in total. The summed E-state index contributed by atoms with van der Waals surface area (Å²) in [6.07, 6.45) is 0.253. The molecular formula is C16H17F2N3O2. The first-order valence-corrected chi connectivity index (χ1v) is 7.49. The van der Waals surface area contributed by atoms with E-state index in [1.165, 1.54) is 17.0 Å². The van der Waals surface area contributed by atoms with E-state index in [-0.39, 0.29) is 36.3 Å². The molecule has 0 radical (unpaired) electrons. The van der Waals surface area contributed by atoms with Crippen LogP contribution in [0.2, 0.25) is 0 Å². The van der Waals surface area contributed by atoms with Gasteiger partial charge in [-0.25, -0.2) is 8.78 Å². The van der Waals surface area contributed by atoms with Crippen LogP contribution >= 0.6 is 0 Å². The summed E-state index contributed by atoms with van der Waals surface area (Å²) in [5.41, 5.74) is 0.286. The second-order valence-corrected chi connectivity index (χ2v) is 6.06. The first kappa shape index (κ1) is 15.6. The highest BCUT2D eigenvalue weighted by Crippen LogP contribution is 2.29. The summed E-state index contributed by atoms with van der Waals surface area (Å²) in [5.74, 6) is -0.396. The van der Waals surface area contributed by atoms with Crippen molar-refractivity contribution < 1.29 is 18.1 Å². The average molecular weight is 321 g/mol. The molecule has 1 atom stereocenters. The Kier molecular flexibility index (Phi) is 4.11. The summed E-state index contributed by atoms with van der Waals surface area (Å²) < 4.78 is 31.9. The summed E-state index contributed by atoms with van der Waals surface area (Å²) in [7, 11) is 0. The maximum absolute atomic E-state index is 13.7. The van der Waals surface area contributed by atoms with Crippen molar-refractivity contribution >= 4 is 5.91 Å². The second-order valence-electron chi connectivity index (χ2n) is 6.06. The molecule has 1 fully saturated rings. The van der Waals surface area contributed by atoms with E-state index in [4.69, 9.17) is 4.52 Å². The van der Waals surface area contributed by atoms with Crippen molar-refractivity contribution in [2.45, 2.75) is 38.6 Å². The molecule has 122 valence electrons. The van der Waals surface area contributed by atoms with Gasteiger partial charge in [0.2, 0.25) is 11.8 Å².